The average Bonchev–Trinajstić information content (AvgIpc) is 3.05. The summed E-state index contributed by atoms with van der Waals surface area (Å²) in [6.45, 7) is 1.11. The van der Waals surface area contributed by atoms with Crippen LogP contribution < -0.4 is 15.1 Å². The first-order valence-corrected chi connectivity index (χ1v) is 9.57. The van der Waals surface area contributed by atoms with Gasteiger partial charge >= 0.3 is 0 Å². The Labute approximate surface area is 186 Å². The normalized spacial score (nSPS) is 15.5. The van der Waals surface area contributed by atoms with Crippen molar-refractivity contribution in [3.63, 3.8) is 0 Å². The molecule has 1 aliphatic rings. The summed E-state index contributed by atoms with van der Waals surface area (Å²) in [4.78, 5) is 61.5. The van der Waals surface area contributed by atoms with E-state index in [0.717, 1.165) is 22.9 Å². The van der Waals surface area contributed by atoms with E-state index in [9.17, 15) is 29.3 Å². The van der Waals surface area contributed by atoms with Gasteiger partial charge in [-0.2, -0.15) is 0 Å². The molecule has 1 heterocycles. The van der Waals surface area contributed by atoms with Crippen LogP contribution in [-0.2, 0) is 14.4 Å². The fourth-order valence-electron chi connectivity index (χ4n) is 3.16. The van der Waals surface area contributed by atoms with Crippen molar-refractivity contribution in [2.24, 2.45) is 0 Å². The van der Waals surface area contributed by atoms with Crippen LogP contribution >= 0.6 is 11.6 Å². The Bertz CT molecular complexity index is 1120. The van der Waals surface area contributed by atoms with Crippen LogP contribution in [0.4, 0.5) is 11.4 Å². The number of benzene rings is 2. The van der Waals surface area contributed by atoms with Crippen LogP contribution in [0.2, 0.25) is 5.02 Å². The highest BCUT2D eigenvalue weighted by Crippen LogP contribution is 2.28. The maximum Gasteiger partial charge on any atom is 0.288 e. The Morgan fingerprint density at radius 3 is 2.44 bits per heavy atom. The molecule has 0 aliphatic carbocycles. The van der Waals surface area contributed by atoms with Crippen molar-refractivity contribution in [3.05, 3.63) is 63.2 Å². The highest BCUT2D eigenvalue weighted by Gasteiger charge is 2.44. The van der Waals surface area contributed by atoms with Crippen molar-refractivity contribution in [2.45, 2.75) is 19.4 Å². The van der Waals surface area contributed by atoms with Crippen LogP contribution in [0.1, 0.15) is 23.7 Å². The van der Waals surface area contributed by atoms with E-state index in [2.05, 4.69) is 5.43 Å². The van der Waals surface area contributed by atoms with E-state index in [1.54, 1.807) is 12.1 Å². The number of hydrogen-bond donors (Lipinski definition) is 1. The minimum absolute atomic E-state index is 0.156. The first-order valence-electron chi connectivity index (χ1n) is 9.19. The van der Waals surface area contributed by atoms with Gasteiger partial charge in [0.25, 0.3) is 17.5 Å². The first kappa shape index (κ1) is 22.7. The number of nitro groups is 1. The van der Waals surface area contributed by atoms with Gasteiger partial charge in [-0.05, 0) is 36.4 Å². The number of ether oxygens (including phenoxy) is 1. The zero-order chi connectivity index (χ0) is 23.6. The van der Waals surface area contributed by atoms with Crippen molar-refractivity contribution in [3.8, 4) is 5.75 Å². The predicted molar refractivity (Wildman–Crippen MR) is 112 cm³/mol. The molecule has 0 radical (unpaired) electrons. The molecule has 4 amide bonds. The number of nitro benzene ring substituents is 1. The van der Waals surface area contributed by atoms with Crippen molar-refractivity contribution in [1.82, 2.24) is 10.4 Å². The lowest BCUT2D eigenvalue weighted by molar-refractivity contribution is -0.384. The highest BCUT2D eigenvalue weighted by molar-refractivity contribution is 6.32. The van der Waals surface area contributed by atoms with Gasteiger partial charge in [0.05, 0.1) is 24.1 Å². The second-order valence-corrected chi connectivity index (χ2v) is 7.15. The van der Waals surface area contributed by atoms with Gasteiger partial charge in [0.2, 0.25) is 11.8 Å². The fraction of sp³-hybridized carbons (Fsp3) is 0.200. The number of nitrogens with zero attached hydrogens (tertiary/aromatic N) is 3. The molecule has 1 N–H and O–H groups in total. The molecule has 32 heavy (non-hydrogen) atoms. The molecule has 0 spiro atoms. The minimum Gasteiger partial charge on any atom is -0.497 e. The minimum atomic E-state index is -1.28. The van der Waals surface area contributed by atoms with Crippen LogP contribution in [0.25, 0.3) is 0 Å². The number of carbonyl (C=O) groups excluding carboxylic acids is 4. The van der Waals surface area contributed by atoms with Crippen molar-refractivity contribution in [2.75, 3.05) is 12.0 Å². The van der Waals surface area contributed by atoms with Crippen molar-refractivity contribution in [1.29, 1.82) is 0 Å². The molecule has 0 bridgehead atoms. The summed E-state index contributed by atoms with van der Waals surface area (Å²) in [5.74, 6) is -2.34. The van der Waals surface area contributed by atoms with Gasteiger partial charge in [-0.25, -0.2) is 9.91 Å². The molecule has 0 aromatic heterocycles. The molecular formula is C20H17ClN4O7. The lowest BCUT2D eigenvalue weighted by atomic mass is 10.2. The molecule has 1 aliphatic heterocycles. The topological polar surface area (TPSA) is 139 Å². The number of imide groups is 1. The third-order valence-corrected chi connectivity index (χ3v) is 5.05. The zero-order valence-corrected chi connectivity index (χ0v) is 17.7. The van der Waals surface area contributed by atoms with Crippen molar-refractivity contribution >= 4 is 46.6 Å². The number of hydrazine groups is 1. The van der Waals surface area contributed by atoms with E-state index >= 15 is 0 Å². The summed E-state index contributed by atoms with van der Waals surface area (Å²) < 4.78 is 5.05. The second-order valence-electron chi connectivity index (χ2n) is 6.74. The fourth-order valence-corrected chi connectivity index (χ4v) is 3.35. The molecule has 2 aromatic carbocycles. The predicted octanol–water partition coefficient (Wildman–Crippen LogP) is 2.08. The van der Waals surface area contributed by atoms with Crippen LogP contribution in [-0.4, -0.2) is 46.7 Å². The summed E-state index contributed by atoms with van der Waals surface area (Å²) in [6.07, 6.45) is -0.356. The monoisotopic (exact) mass is 460 g/mol. The molecule has 1 atom stereocenters. The lowest BCUT2D eigenvalue weighted by Crippen LogP contribution is -2.54. The summed E-state index contributed by atoms with van der Waals surface area (Å²) in [7, 11) is 1.47. The number of anilines is 1. The second kappa shape index (κ2) is 9.02. The van der Waals surface area contributed by atoms with Gasteiger partial charge in [-0.1, -0.05) is 11.6 Å². The van der Waals surface area contributed by atoms with Crippen LogP contribution in [0, 0.1) is 10.1 Å². The largest absolute Gasteiger partial charge is 0.497 e. The first-order chi connectivity index (χ1) is 15.1. The number of carbonyl (C=O) groups is 4. The standard InChI is InChI=1S/C20H17ClN4O7/c1-11(26)24(22-19(28)12-3-8-15(21)16(9-12)25(30)31)17-10-18(27)23(20(17)29)13-4-6-14(32-2)7-5-13/h3-9,17H,10H2,1-2H3,(H,22,28). The van der Waals surface area contributed by atoms with Crippen LogP contribution in [0.5, 0.6) is 5.75 Å². The van der Waals surface area contributed by atoms with Crippen LogP contribution in [0.3, 0.4) is 0 Å². The van der Waals surface area contributed by atoms with E-state index in [1.165, 1.54) is 31.4 Å². The Hall–Kier alpha value is -3.99. The summed E-state index contributed by atoms with van der Waals surface area (Å²) in [5.41, 5.74) is 1.89. The Morgan fingerprint density at radius 2 is 1.88 bits per heavy atom. The van der Waals surface area contributed by atoms with E-state index < -0.39 is 40.3 Å². The number of hydrogen-bond acceptors (Lipinski definition) is 7. The smallest absolute Gasteiger partial charge is 0.288 e. The van der Waals surface area contributed by atoms with E-state index in [-0.39, 0.29) is 22.7 Å². The molecule has 1 unspecified atom stereocenters. The van der Waals surface area contributed by atoms with E-state index in [0.29, 0.717) is 5.75 Å². The maximum atomic E-state index is 12.9. The third kappa shape index (κ3) is 4.37. The number of rotatable bonds is 5. The van der Waals surface area contributed by atoms with Gasteiger partial charge in [-0.3, -0.25) is 34.7 Å². The molecular weight excluding hydrogens is 444 g/mol. The number of halogens is 1. The van der Waals surface area contributed by atoms with Crippen molar-refractivity contribution < 1.29 is 28.8 Å². The molecule has 3 rings (SSSR count). The average molecular weight is 461 g/mol. The Morgan fingerprint density at radius 1 is 1.22 bits per heavy atom. The quantitative estimate of drug-likeness (QED) is 0.409. The lowest BCUT2D eigenvalue weighted by Gasteiger charge is -2.26. The molecule has 166 valence electrons. The van der Waals surface area contributed by atoms with Gasteiger partial charge in [0.15, 0.2) is 0 Å². The van der Waals surface area contributed by atoms with Crippen LogP contribution in [0.15, 0.2) is 42.5 Å². The maximum absolute atomic E-state index is 12.9. The van der Waals surface area contributed by atoms with E-state index in [4.69, 9.17) is 16.3 Å². The Kier molecular flexibility index (Phi) is 6.40. The summed E-state index contributed by atoms with van der Waals surface area (Å²) in [5, 5.41) is 11.6. The summed E-state index contributed by atoms with van der Waals surface area (Å²) >= 11 is 5.75. The highest BCUT2D eigenvalue weighted by atomic mass is 35.5. The molecule has 0 saturated carbocycles. The van der Waals surface area contributed by atoms with Gasteiger partial charge in [0, 0.05) is 18.6 Å². The molecule has 11 nitrogen and oxygen atoms in total. The van der Waals surface area contributed by atoms with E-state index in [1.807, 2.05) is 0 Å². The molecule has 2 aromatic rings. The molecule has 12 heteroatoms. The molecule has 1 fully saturated rings. The number of amides is 4. The van der Waals surface area contributed by atoms with Gasteiger partial charge in [0.1, 0.15) is 16.8 Å². The SMILES string of the molecule is COc1ccc(N2C(=O)CC(N(NC(=O)c3ccc(Cl)c([N+](=O)[O-])c3)C(C)=O)C2=O)cc1. The zero-order valence-electron chi connectivity index (χ0n) is 16.9. The third-order valence-electron chi connectivity index (χ3n) is 4.73. The van der Waals surface area contributed by atoms with Gasteiger partial charge < -0.3 is 4.74 Å². The summed E-state index contributed by atoms with van der Waals surface area (Å²) in [6, 6.07) is 8.23. The number of nitrogens with one attached hydrogen (secondary N) is 1. The van der Waals surface area contributed by atoms with Gasteiger partial charge in [-0.15, -0.1) is 0 Å². The number of methoxy groups -OCH3 is 1. The molecule has 1 saturated heterocycles. The Balaban J connectivity index is 1.84.